The summed E-state index contributed by atoms with van der Waals surface area (Å²) < 4.78 is 29.9. The van der Waals surface area contributed by atoms with Crippen LogP contribution in [-0.2, 0) is 19.7 Å². The van der Waals surface area contributed by atoms with E-state index in [1.165, 1.54) is 29.2 Å². The van der Waals surface area contributed by atoms with E-state index >= 15 is 0 Å². The van der Waals surface area contributed by atoms with Crippen molar-refractivity contribution in [3.8, 4) is 5.75 Å². The molecule has 0 radical (unpaired) electrons. The minimum atomic E-state index is -3.96. The Hall–Kier alpha value is -1.71. The van der Waals surface area contributed by atoms with E-state index in [2.05, 4.69) is 31.9 Å². The molecule has 3 aliphatic rings. The van der Waals surface area contributed by atoms with E-state index in [1.807, 2.05) is 0 Å². The molecule has 2 aromatic rings. The average molecular weight is 555 g/mol. The highest BCUT2D eigenvalue weighted by Crippen LogP contribution is 2.60. The summed E-state index contributed by atoms with van der Waals surface area (Å²) in [4.78, 5) is 27.8. The average Bonchev–Trinajstić information content (AvgIpc) is 3.34. The van der Waals surface area contributed by atoms with Crippen LogP contribution >= 0.6 is 31.9 Å². The third-order valence-electron chi connectivity index (χ3n) is 6.32. The summed E-state index contributed by atoms with van der Waals surface area (Å²) in [6, 6.07) is 13.9. The fraction of sp³-hybridized carbons (Fsp3) is 0.333. The van der Waals surface area contributed by atoms with Gasteiger partial charge in [0.15, 0.2) is 0 Å². The van der Waals surface area contributed by atoms with Gasteiger partial charge < -0.3 is 4.18 Å². The lowest BCUT2D eigenvalue weighted by molar-refractivity contribution is -0.123. The third-order valence-corrected chi connectivity index (χ3v) is 10.8. The summed E-state index contributed by atoms with van der Waals surface area (Å²) in [5.41, 5.74) is 0.431. The zero-order valence-electron chi connectivity index (χ0n) is 15.5. The second-order valence-corrected chi connectivity index (χ2v) is 11.5. The molecular weight excluding hydrogens is 538 g/mol. The van der Waals surface area contributed by atoms with Gasteiger partial charge >= 0.3 is 10.1 Å². The Balaban J connectivity index is 1.38. The van der Waals surface area contributed by atoms with Gasteiger partial charge in [0.2, 0.25) is 11.8 Å². The van der Waals surface area contributed by atoms with Gasteiger partial charge in [0.25, 0.3) is 0 Å². The van der Waals surface area contributed by atoms with E-state index in [0.29, 0.717) is 5.69 Å². The van der Waals surface area contributed by atoms with Crippen molar-refractivity contribution in [2.24, 2.45) is 23.7 Å². The van der Waals surface area contributed by atoms with Gasteiger partial charge in [-0.1, -0.05) is 50.1 Å². The Bertz CT molecular complexity index is 1090. The molecule has 1 saturated heterocycles. The highest BCUT2D eigenvalue weighted by molar-refractivity contribution is 9.12. The van der Waals surface area contributed by atoms with Gasteiger partial charge in [0.1, 0.15) is 10.6 Å². The van der Waals surface area contributed by atoms with Crippen molar-refractivity contribution in [2.45, 2.75) is 21.0 Å². The second kappa shape index (κ2) is 7.17. The Kier molecular flexibility index (Phi) is 4.83. The SMILES string of the molecule is O=C1[C@@H]2[C@H]3C[C@@H]([C@H](Br)[C@H]3Br)[C@@H]2C(=O)N1c1ccc(OS(=O)(=O)c2ccccc2)cc1. The molecule has 2 saturated carbocycles. The van der Waals surface area contributed by atoms with Gasteiger partial charge in [0, 0.05) is 9.65 Å². The van der Waals surface area contributed by atoms with Crippen LogP contribution in [0.4, 0.5) is 5.69 Å². The first kappa shape index (κ1) is 20.2. The summed E-state index contributed by atoms with van der Waals surface area (Å²) in [6.07, 6.45) is 0.872. The van der Waals surface area contributed by atoms with Crippen LogP contribution in [0.1, 0.15) is 6.42 Å². The standard InChI is InChI=1S/C21H17Br2NO5S/c22-18-14-10-15(19(18)23)17-16(14)20(25)24(21(17)26)11-6-8-12(9-7-11)29-30(27,28)13-4-2-1-3-5-13/h1-9,14-19H,10H2/t14-,15-,16-,17+,18+,19+/m1/s1. The van der Waals surface area contributed by atoms with E-state index < -0.39 is 10.1 Å². The first-order valence-electron chi connectivity index (χ1n) is 9.55. The van der Waals surface area contributed by atoms with Crippen molar-refractivity contribution in [1.29, 1.82) is 0 Å². The van der Waals surface area contributed by atoms with Gasteiger partial charge in [-0.3, -0.25) is 14.5 Å². The largest absolute Gasteiger partial charge is 0.379 e. The van der Waals surface area contributed by atoms with Crippen molar-refractivity contribution in [2.75, 3.05) is 4.90 Å². The molecular formula is C21H17Br2NO5S. The first-order chi connectivity index (χ1) is 14.3. The minimum absolute atomic E-state index is 0.0518. The van der Waals surface area contributed by atoms with Crippen LogP contribution in [-0.4, -0.2) is 29.9 Å². The topological polar surface area (TPSA) is 80.8 Å². The number of benzene rings is 2. The van der Waals surface area contributed by atoms with Crippen LogP contribution in [0.2, 0.25) is 0 Å². The number of rotatable bonds is 4. The van der Waals surface area contributed by atoms with Crippen LogP contribution in [0.3, 0.4) is 0 Å². The van der Waals surface area contributed by atoms with Crippen LogP contribution < -0.4 is 9.08 Å². The zero-order valence-corrected chi connectivity index (χ0v) is 19.5. The molecule has 3 fully saturated rings. The van der Waals surface area contributed by atoms with Gasteiger partial charge in [-0.25, -0.2) is 0 Å². The van der Waals surface area contributed by atoms with Gasteiger partial charge in [-0.05, 0) is 54.7 Å². The summed E-state index contributed by atoms with van der Waals surface area (Å²) in [7, 11) is -3.96. The molecule has 6 atom stereocenters. The normalized spacial score (nSPS) is 32.5. The smallest absolute Gasteiger partial charge is 0.339 e. The molecule has 2 aromatic carbocycles. The van der Waals surface area contributed by atoms with Crippen molar-refractivity contribution >= 4 is 59.5 Å². The number of nitrogens with zero attached hydrogens (tertiary/aromatic N) is 1. The summed E-state index contributed by atoms with van der Waals surface area (Å²) in [6.45, 7) is 0. The minimum Gasteiger partial charge on any atom is -0.379 e. The van der Waals surface area contributed by atoms with Crippen LogP contribution in [0, 0.1) is 23.7 Å². The van der Waals surface area contributed by atoms with E-state index in [0.717, 1.165) is 6.42 Å². The molecule has 6 nitrogen and oxygen atoms in total. The summed E-state index contributed by atoms with van der Waals surface area (Å²) in [5, 5.41) is 0. The first-order valence-corrected chi connectivity index (χ1v) is 12.8. The molecule has 30 heavy (non-hydrogen) atoms. The number of halogens is 2. The predicted octanol–water partition coefficient (Wildman–Crippen LogP) is 3.74. The summed E-state index contributed by atoms with van der Waals surface area (Å²) in [5.74, 6) is -0.541. The molecule has 0 N–H and O–H groups in total. The number of hydrogen-bond donors (Lipinski definition) is 0. The summed E-state index contributed by atoms with van der Waals surface area (Å²) >= 11 is 7.35. The Morgan fingerprint density at radius 1 is 0.833 bits per heavy atom. The number of carbonyl (C=O) groups is 2. The molecule has 0 unspecified atom stereocenters. The van der Waals surface area contributed by atoms with Gasteiger partial charge in [0.05, 0.1) is 17.5 Å². The van der Waals surface area contributed by atoms with E-state index in [9.17, 15) is 18.0 Å². The third kappa shape index (κ3) is 2.97. The molecule has 2 aliphatic carbocycles. The van der Waals surface area contributed by atoms with Crippen LogP contribution in [0.5, 0.6) is 5.75 Å². The predicted molar refractivity (Wildman–Crippen MR) is 117 cm³/mol. The van der Waals surface area contributed by atoms with Crippen LogP contribution in [0.25, 0.3) is 0 Å². The fourth-order valence-corrected chi connectivity index (χ4v) is 7.84. The number of fused-ring (bicyclic) bond motifs is 5. The van der Waals surface area contributed by atoms with E-state index in [-0.39, 0.29) is 55.8 Å². The Labute approximate surface area is 191 Å². The number of carbonyl (C=O) groups excluding carboxylic acids is 2. The molecule has 0 spiro atoms. The molecule has 5 rings (SSSR count). The number of anilines is 1. The number of imide groups is 1. The molecule has 2 bridgehead atoms. The molecule has 0 aromatic heterocycles. The van der Waals surface area contributed by atoms with Crippen molar-refractivity contribution < 1.29 is 22.2 Å². The van der Waals surface area contributed by atoms with Crippen molar-refractivity contribution in [3.63, 3.8) is 0 Å². The quantitative estimate of drug-likeness (QED) is 0.327. The highest BCUT2D eigenvalue weighted by atomic mass is 79.9. The Morgan fingerprint density at radius 2 is 1.37 bits per heavy atom. The maximum atomic E-state index is 13.1. The Morgan fingerprint density at radius 3 is 1.90 bits per heavy atom. The van der Waals surface area contributed by atoms with Crippen LogP contribution in [0.15, 0.2) is 59.5 Å². The zero-order chi connectivity index (χ0) is 21.2. The lowest BCUT2D eigenvalue weighted by atomic mass is 9.81. The molecule has 1 heterocycles. The number of hydrogen-bond acceptors (Lipinski definition) is 5. The van der Waals surface area contributed by atoms with Crippen molar-refractivity contribution in [1.82, 2.24) is 0 Å². The van der Waals surface area contributed by atoms with Gasteiger partial charge in [-0.2, -0.15) is 8.42 Å². The monoisotopic (exact) mass is 553 g/mol. The number of amides is 2. The fourth-order valence-electron chi connectivity index (χ4n) is 5.02. The number of alkyl halides is 2. The van der Waals surface area contributed by atoms with Gasteiger partial charge in [-0.15, -0.1) is 0 Å². The van der Waals surface area contributed by atoms with Crippen molar-refractivity contribution in [3.05, 3.63) is 54.6 Å². The lowest BCUT2D eigenvalue weighted by Crippen LogP contribution is -2.37. The van der Waals surface area contributed by atoms with E-state index in [4.69, 9.17) is 4.18 Å². The molecule has 2 amide bonds. The molecule has 1 aliphatic heterocycles. The maximum Gasteiger partial charge on any atom is 0.339 e. The molecule has 9 heteroatoms. The lowest BCUT2D eigenvalue weighted by Gasteiger charge is -2.28. The maximum absolute atomic E-state index is 13.1. The second-order valence-electron chi connectivity index (χ2n) is 7.86. The van der Waals surface area contributed by atoms with E-state index in [1.54, 1.807) is 30.3 Å². The molecule has 156 valence electrons. The highest BCUT2D eigenvalue weighted by Gasteiger charge is 2.66.